The van der Waals surface area contributed by atoms with Crippen LogP contribution < -0.4 is 0 Å². The molecule has 2 rings (SSSR count). The Labute approximate surface area is 163 Å². The Morgan fingerprint density at radius 2 is 1.74 bits per heavy atom. The fourth-order valence-electron chi connectivity index (χ4n) is 3.50. The van der Waals surface area contributed by atoms with Gasteiger partial charge in [0.1, 0.15) is 18.2 Å². The van der Waals surface area contributed by atoms with Gasteiger partial charge in [-0.05, 0) is 46.1 Å². The zero-order valence-corrected chi connectivity index (χ0v) is 17.1. The molecule has 0 spiro atoms. The van der Waals surface area contributed by atoms with Crippen molar-refractivity contribution in [2.45, 2.75) is 84.1 Å². The monoisotopic (exact) mass is 375 g/mol. The first-order valence-electron chi connectivity index (χ1n) is 9.94. The normalized spacial score (nSPS) is 16.8. The molecular formula is C22H33NO4. The van der Waals surface area contributed by atoms with Crippen molar-refractivity contribution in [3.8, 4) is 0 Å². The smallest absolute Gasteiger partial charge is 0.323 e. The minimum atomic E-state index is -0.535. The van der Waals surface area contributed by atoms with E-state index in [1.54, 1.807) is 0 Å². The van der Waals surface area contributed by atoms with Crippen LogP contribution in [0.15, 0.2) is 30.3 Å². The molecule has 0 radical (unpaired) electrons. The summed E-state index contributed by atoms with van der Waals surface area (Å²) in [6.07, 6.45) is 5.46. The van der Waals surface area contributed by atoms with E-state index in [0.29, 0.717) is 0 Å². The quantitative estimate of drug-likeness (QED) is 0.672. The van der Waals surface area contributed by atoms with Crippen LogP contribution in [0.3, 0.4) is 0 Å². The molecule has 0 unspecified atom stereocenters. The molecule has 0 saturated heterocycles. The Kier molecular flexibility index (Phi) is 7.84. The molecule has 1 aliphatic carbocycles. The highest BCUT2D eigenvalue weighted by Gasteiger charge is 2.33. The maximum atomic E-state index is 12.7. The van der Waals surface area contributed by atoms with E-state index in [4.69, 9.17) is 9.47 Å². The van der Waals surface area contributed by atoms with Gasteiger partial charge in [0.15, 0.2) is 0 Å². The van der Waals surface area contributed by atoms with Gasteiger partial charge < -0.3 is 9.47 Å². The summed E-state index contributed by atoms with van der Waals surface area (Å²) in [4.78, 5) is 27.0. The highest BCUT2D eigenvalue weighted by molar-refractivity contribution is 5.77. The van der Waals surface area contributed by atoms with E-state index in [1.807, 2.05) is 62.9 Å². The number of nitrogens with zero attached hydrogens (tertiary/aromatic N) is 1. The van der Waals surface area contributed by atoms with Crippen molar-refractivity contribution >= 4 is 11.9 Å². The van der Waals surface area contributed by atoms with Crippen molar-refractivity contribution in [1.29, 1.82) is 0 Å². The summed E-state index contributed by atoms with van der Waals surface area (Å²) in [5, 5.41) is 0. The summed E-state index contributed by atoms with van der Waals surface area (Å²) >= 11 is 0. The van der Waals surface area contributed by atoms with E-state index in [9.17, 15) is 9.59 Å². The van der Waals surface area contributed by atoms with Gasteiger partial charge in [-0.25, -0.2) is 0 Å². The molecule has 1 atom stereocenters. The van der Waals surface area contributed by atoms with Crippen LogP contribution in [0, 0.1) is 0 Å². The molecule has 150 valence electrons. The maximum absolute atomic E-state index is 12.7. The lowest BCUT2D eigenvalue weighted by Crippen LogP contribution is -2.50. The molecule has 1 fully saturated rings. The van der Waals surface area contributed by atoms with E-state index >= 15 is 0 Å². The van der Waals surface area contributed by atoms with Gasteiger partial charge in [-0.1, -0.05) is 49.6 Å². The number of carbonyl (C=O) groups excluding carboxylic acids is 2. The fraction of sp³-hybridized carbons (Fsp3) is 0.636. The SMILES string of the molecule is C[C@@H](C(=O)OCc1ccccc1)N(CC(=O)OC(C)(C)C)C1CCCCC1. The number of rotatable bonds is 7. The summed E-state index contributed by atoms with van der Waals surface area (Å²) in [7, 11) is 0. The molecular weight excluding hydrogens is 342 g/mol. The van der Waals surface area contributed by atoms with Crippen LogP contribution in [0.5, 0.6) is 0 Å². The van der Waals surface area contributed by atoms with Gasteiger partial charge in [0.25, 0.3) is 0 Å². The zero-order valence-electron chi connectivity index (χ0n) is 17.1. The van der Waals surface area contributed by atoms with Gasteiger partial charge in [0.2, 0.25) is 0 Å². The highest BCUT2D eigenvalue weighted by atomic mass is 16.6. The average Bonchev–Trinajstić information content (AvgIpc) is 2.64. The molecule has 0 aromatic heterocycles. The standard InChI is InChI=1S/C22H33NO4/c1-17(21(25)26-16-18-11-7-5-8-12-18)23(19-13-9-6-10-14-19)15-20(24)27-22(2,3)4/h5,7-8,11-12,17,19H,6,9-10,13-16H2,1-4H3/t17-/m0/s1. The number of esters is 2. The number of benzene rings is 1. The Morgan fingerprint density at radius 3 is 2.33 bits per heavy atom. The van der Waals surface area contributed by atoms with Crippen molar-refractivity contribution in [1.82, 2.24) is 4.90 Å². The molecule has 1 saturated carbocycles. The summed E-state index contributed by atoms with van der Waals surface area (Å²) in [6, 6.07) is 9.36. The van der Waals surface area contributed by atoms with Crippen LogP contribution in [0.1, 0.15) is 65.4 Å². The summed E-state index contributed by atoms with van der Waals surface area (Å²) in [6.45, 7) is 7.75. The first-order valence-corrected chi connectivity index (χ1v) is 9.94. The van der Waals surface area contributed by atoms with Gasteiger partial charge in [0.05, 0.1) is 6.54 Å². The van der Waals surface area contributed by atoms with Crippen LogP contribution in [-0.2, 0) is 25.7 Å². The Hall–Kier alpha value is -1.88. The molecule has 0 aliphatic heterocycles. The number of hydrogen-bond donors (Lipinski definition) is 0. The van der Waals surface area contributed by atoms with Crippen LogP contribution in [0.2, 0.25) is 0 Å². The molecule has 1 aromatic rings. The maximum Gasteiger partial charge on any atom is 0.323 e. The Morgan fingerprint density at radius 1 is 1.11 bits per heavy atom. The average molecular weight is 376 g/mol. The molecule has 1 aliphatic rings. The molecule has 1 aromatic carbocycles. The number of hydrogen-bond acceptors (Lipinski definition) is 5. The third kappa shape index (κ3) is 7.33. The third-order valence-corrected chi connectivity index (χ3v) is 4.84. The lowest BCUT2D eigenvalue weighted by atomic mass is 9.93. The van der Waals surface area contributed by atoms with E-state index < -0.39 is 11.6 Å². The second kappa shape index (κ2) is 9.88. The lowest BCUT2D eigenvalue weighted by Gasteiger charge is -2.37. The van der Waals surface area contributed by atoms with Crippen molar-refractivity contribution in [3.63, 3.8) is 0 Å². The van der Waals surface area contributed by atoms with Gasteiger partial charge in [-0.3, -0.25) is 14.5 Å². The van der Waals surface area contributed by atoms with Crippen molar-refractivity contribution in [2.75, 3.05) is 6.54 Å². The van der Waals surface area contributed by atoms with E-state index in [-0.39, 0.29) is 31.1 Å². The molecule has 0 bridgehead atoms. The van der Waals surface area contributed by atoms with Gasteiger partial charge in [0, 0.05) is 6.04 Å². The van der Waals surface area contributed by atoms with Crippen LogP contribution in [-0.4, -0.2) is 41.1 Å². The molecule has 0 N–H and O–H groups in total. The van der Waals surface area contributed by atoms with E-state index in [2.05, 4.69) is 0 Å². The minimum absolute atomic E-state index is 0.115. The fourth-order valence-corrected chi connectivity index (χ4v) is 3.50. The molecule has 0 amide bonds. The molecule has 5 heteroatoms. The van der Waals surface area contributed by atoms with Crippen LogP contribution in [0.4, 0.5) is 0 Å². The Balaban J connectivity index is 2.01. The van der Waals surface area contributed by atoms with Gasteiger partial charge >= 0.3 is 11.9 Å². The first-order chi connectivity index (χ1) is 12.8. The predicted octanol–water partition coefficient (Wildman–Crippen LogP) is 4.09. The predicted molar refractivity (Wildman–Crippen MR) is 105 cm³/mol. The van der Waals surface area contributed by atoms with Crippen molar-refractivity contribution < 1.29 is 19.1 Å². The van der Waals surface area contributed by atoms with Crippen molar-refractivity contribution in [3.05, 3.63) is 35.9 Å². The lowest BCUT2D eigenvalue weighted by molar-refractivity contribution is -0.161. The Bertz CT molecular complexity index is 602. The van der Waals surface area contributed by atoms with E-state index in [1.165, 1.54) is 6.42 Å². The number of ether oxygens (including phenoxy) is 2. The largest absolute Gasteiger partial charge is 0.460 e. The summed E-state index contributed by atoms with van der Waals surface area (Å²) < 4.78 is 11.0. The van der Waals surface area contributed by atoms with Crippen LogP contribution >= 0.6 is 0 Å². The zero-order chi connectivity index (χ0) is 19.9. The third-order valence-electron chi connectivity index (χ3n) is 4.84. The second-order valence-electron chi connectivity index (χ2n) is 8.32. The van der Waals surface area contributed by atoms with Crippen molar-refractivity contribution in [2.24, 2.45) is 0 Å². The van der Waals surface area contributed by atoms with Crippen LogP contribution in [0.25, 0.3) is 0 Å². The topological polar surface area (TPSA) is 55.8 Å². The second-order valence-corrected chi connectivity index (χ2v) is 8.32. The van der Waals surface area contributed by atoms with Gasteiger partial charge in [-0.15, -0.1) is 0 Å². The summed E-state index contributed by atoms with van der Waals surface area (Å²) in [5.74, 6) is -0.594. The molecule has 27 heavy (non-hydrogen) atoms. The number of carbonyl (C=O) groups is 2. The first kappa shape index (κ1) is 21.4. The highest BCUT2D eigenvalue weighted by Crippen LogP contribution is 2.25. The molecule has 5 nitrogen and oxygen atoms in total. The molecule has 0 heterocycles. The van der Waals surface area contributed by atoms with Gasteiger partial charge in [-0.2, -0.15) is 0 Å². The van der Waals surface area contributed by atoms with E-state index in [0.717, 1.165) is 31.2 Å². The summed E-state index contributed by atoms with van der Waals surface area (Å²) in [5.41, 5.74) is 0.418. The minimum Gasteiger partial charge on any atom is -0.460 e.